The zero-order valence-corrected chi connectivity index (χ0v) is 26.2. The van der Waals surface area contributed by atoms with Crippen molar-refractivity contribution < 1.29 is 61.5 Å². The van der Waals surface area contributed by atoms with Gasteiger partial charge in [0.1, 0.15) is 30.1 Å². The molecule has 0 amide bonds. The Bertz CT molecular complexity index is 1740. The van der Waals surface area contributed by atoms with Crippen LogP contribution in [0.25, 0.3) is 5.52 Å². The van der Waals surface area contributed by atoms with E-state index in [1.54, 1.807) is 13.1 Å². The van der Waals surface area contributed by atoms with Gasteiger partial charge in [0.25, 0.3) is 10.0 Å². The number of sulfonamides is 1. The average molecular weight is 609 g/mol. The van der Waals surface area contributed by atoms with Gasteiger partial charge in [-0.25, -0.2) is 8.78 Å². The minimum atomic E-state index is -4.26. The number of carbonyl (C=O) groups is 2. The molecule has 10 nitrogen and oxygen atoms in total. The van der Waals surface area contributed by atoms with Gasteiger partial charge >= 0.3 is 29.6 Å². The van der Waals surface area contributed by atoms with Crippen LogP contribution >= 0.6 is 0 Å². The maximum absolute atomic E-state index is 14.1. The van der Waals surface area contributed by atoms with Crippen molar-refractivity contribution in [2.45, 2.75) is 25.2 Å². The normalized spacial score (nSPS) is 12.2. The Kier molecular flexibility index (Phi) is 13.7. The maximum Gasteiger partial charge on any atom is 1.00 e. The molecule has 0 saturated heterocycles. The first-order chi connectivity index (χ1) is 19.7. The molecule has 0 aliphatic carbocycles. The molecule has 0 unspecified atom stereocenters. The summed E-state index contributed by atoms with van der Waals surface area (Å²) >= 11 is 0. The Labute approximate surface area is 263 Å². The van der Waals surface area contributed by atoms with Gasteiger partial charge in [0.15, 0.2) is 11.3 Å². The van der Waals surface area contributed by atoms with E-state index in [2.05, 4.69) is 15.0 Å². The zero-order valence-electron chi connectivity index (χ0n) is 23.4. The van der Waals surface area contributed by atoms with Crippen LogP contribution in [0, 0.1) is 11.6 Å². The van der Waals surface area contributed by atoms with E-state index in [0.29, 0.717) is 11.3 Å². The smallest absolute Gasteiger partial charge is 0.859 e. The van der Waals surface area contributed by atoms with Crippen molar-refractivity contribution in [3.05, 3.63) is 99.3 Å². The Morgan fingerprint density at radius 2 is 1.57 bits per heavy atom. The summed E-state index contributed by atoms with van der Waals surface area (Å²) in [6.07, 6.45) is 0.906. The zero-order chi connectivity index (χ0) is 30.9. The fourth-order valence-electron chi connectivity index (χ4n) is 3.98. The van der Waals surface area contributed by atoms with Crippen molar-refractivity contribution in [3.63, 3.8) is 0 Å². The van der Waals surface area contributed by atoms with Crippen LogP contribution in [0.2, 0.25) is 0 Å². The van der Waals surface area contributed by atoms with Gasteiger partial charge in [0.2, 0.25) is 0 Å². The van der Waals surface area contributed by atoms with Crippen LogP contribution in [0.4, 0.5) is 20.2 Å². The summed E-state index contributed by atoms with van der Waals surface area (Å²) in [6.45, 7) is 8.00. The van der Waals surface area contributed by atoms with Crippen LogP contribution in [0.1, 0.15) is 30.5 Å². The second-order valence-electron chi connectivity index (χ2n) is 7.89. The molecule has 0 bridgehead atoms. The number of carbonyl (C=O) groups excluding carboxylic acids is 2. The van der Waals surface area contributed by atoms with E-state index in [1.165, 1.54) is 42.5 Å². The van der Waals surface area contributed by atoms with Crippen molar-refractivity contribution >= 4 is 46.3 Å². The van der Waals surface area contributed by atoms with E-state index in [0.717, 1.165) is 16.7 Å². The summed E-state index contributed by atoms with van der Waals surface area (Å²) in [5.74, 6) is -2.57. The molecule has 14 heteroatoms. The predicted octanol–water partition coefficient (Wildman–Crippen LogP) is 0.505. The van der Waals surface area contributed by atoms with Gasteiger partial charge in [-0.1, -0.05) is 26.0 Å². The topological polar surface area (TPSA) is 149 Å². The summed E-state index contributed by atoms with van der Waals surface area (Å²) in [5, 5.41) is 18.9. The number of benzene rings is 2. The Balaban J connectivity index is 0.00000119. The molecule has 0 radical (unpaired) electrons. The fourth-order valence-corrected chi connectivity index (χ4v) is 5.13. The van der Waals surface area contributed by atoms with Crippen molar-refractivity contribution in [3.8, 4) is 5.88 Å². The third-order valence-electron chi connectivity index (χ3n) is 5.70. The van der Waals surface area contributed by atoms with Gasteiger partial charge in [-0.3, -0.25) is 4.79 Å². The van der Waals surface area contributed by atoms with E-state index < -0.39 is 44.4 Å². The minimum absolute atomic E-state index is 0. The van der Waals surface area contributed by atoms with Gasteiger partial charge in [0.05, 0.1) is 16.8 Å². The van der Waals surface area contributed by atoms with E-state index >= 15 is 0 Å². The molecular formula is C28H27F2N4NaO6S. The van der Waals surface area contributed by atoms with Crippen LogP contribution in [0.15, 0.2) is 74.9 Å². The minimum Gasteiger partial charge on any atom is -0.859 e. The van der Waals surface area contributed by atoms with E-state index in [-0.39, 0.29) is 57.6 Å². The third kappa shape index (κ3) is 7.48. The van der Waals surface area contributed by atoms with Crippen molar-refractivity contribution in [2.75, 3.05) is 17.7 Å². The van der Waals surface area contributed by atoms with Crippen LogP contribution in [-0.2, 0) is 26.0 Å². The summed E-state index contributed by atoms with van der Waals surface area (Å²) < 4.78 is 57.9. The molecule has 5 rings (SSSR count). The molecule has 216 valence electrons. The summed E-state index contributed by atoms with van der Waals surface area (Å²) in [6, 6.07) is 12.3. The molecule has 1 aliphatic rings. The molecule has 2 aromatic heterocycles. The molecule has 1 aliphatic heterocycles. The number of nitrogens with one attached hydrogen (secondary N) is 2. The van der Waals surface area contributed by atoms with Gasteiger partial charge < -0.3 is 29.7 Å². The number of pyridine rings is 2. The van der Waals surface area contributed by atoms with Crippen molar-refractivity contribution in [1.29, 1.82) is 0 Å². The van der Waals surface area contributed by atoms with Gasteiger partial charge in [-0.05, 0) is 53.9 Å². The van der Waals surface area contributed by atoms with Gasteiger partial charge in [-0.15, -0.1) is 4.40 Å². The van der Waals surface area contributed by atoms with Crippen LogP contribution in [-0.4, -0.2) is 39.3 Å². The first-order valence-electron chi connectivity index (χ1n) is 12.0. The SMILES string of the molecule is C=O.C=O.CC.CNc1ccc2c(c1)S(=O)(=O)N=C(c1c([O-])n3cc(F)ccc3c(Cc3ccc(F)cc3)c1=O)N2.[Na+]. The number of nitrogens with zero attached hydrogens (tertiary/aromatic N) is 2. The molecule has 0 spiro atoms. The second kappa shape index (κ2) is 15.9. The second-order valence-corrected chi connectivity index (χ2v) is 9.47. The predicted molar refractivity (Wildman–Crippen MR) is 151 cm³/mol. The summed E-state index contributed by atoms with van der Waals surface area (Å²) in [7, 11) is -2.63. The maximum atomic E-state index is 14.1. The first kappa shape index (κ1) is 36.1. The van der Waals surface area contributed by atoms with Crippen molar-refractivity contribution in [1.82, 2.24) is 4.40 Å². The Morgan fingerprint density at radius 3 is 2.17 bits per heavy atom. The van der Waals surface area contributed by atoms with E-state index in [9.17, 15) is 27.1 Å². The molecule has 2 N–H and O–H groups in total. The number of amidine groups is 1. The fraction of sp³-hybridized carbons (Fsp3) is 0.143. The molecule has 0 saturated carbocycles. The number of aromatic nitrogens is 1. The number of hydrogen-bond acceptors (Lipinski definition) is 8. The Morgan fingerprint density at radius 1 is 0.976 bits per heavy atom. The van der Waals surface area contributed by atoms with Crippen LogP contribution in [0.3, 0.4) is 0 Å². The average Bonchev–Trinajstić information content (AvgIpc) is 2.99. The number of fused-ring (bicyclic) bond motifs is 2. The molecule has 3 heterocycles. The third-order valence-corrected chi connectivity index (χ3v) is 7.02. The number of anilines is 2. The summed E-state index contributed by atoms with van der Waals surface area (Å²) in [5.41, 5.74) is 0.171. The first-order valence-corrected chi connectivity index (χ1v) is 13.4. The number of rotatable bonds is 4. The standard InChI is InChI=1S/C24H18F2N4O4S.C2H6.2CH2O.Na/c1-27-16-7-8-18-20(11-16)35(33,34)29-23(28-18)21-22(31)17(10-13-2-4-14(25)5-3-13)19-9-6-15(26)12-30(19)24(21)32;3*1-2;/h2-9,11-12,27,32H,10H2,1H3,(H,28,29);1-2H3;2*1H2;/q;;;;+1/p-1. The monoisotopic (exact) mass is 608 g/mol. The quantitative estimate of drug-likeness (QED) is 0.319. The largest absolute Gasteiger partial charge is 1.00 e. The molecule has 4 aromatic rings. The molecule has 0 fully saturated rings. The van der Waals surface area contributed by atoms with Gasteiger partial charge in [-0.2, -0.15) is 8.42 Å². The van der Waals surface area contributed by atoms with E-state index in [4.69, 9.17) is 9.59 Å². The molecular weight excluding hydrogens is 581 g/mol. The molecule has 0 atom stereocenters. The van der Waals surface area contributed by atoms with Crippen molar-refractivity contribution in [2.24, 2.45) is 4.40 Å². The molecule has 2 aromatic carbocycles. The van der Waals surface area contributed by atoms with Crippen LogP contribution < -0.4 is 50.7 Å². The number of halogens is 2. The molecule has 42 heavy (non-hydrogen) atoms. The number of hydrogen-bond donors (Lipinski definition) is 2. The Hall–Kier alpha value is -3.91. The van der Waals surface area contributed by atoms with Crippen LogP contribution in [0.5, 0.6) is 5.88 Å². The van der Waals surface area contributed by atoms with Gasteiger partial charge in [0, 0.05) is 30.9 Å². The van der Waals surface area contributed by atoms with E-state index in [1.807, 2.05) is 27.4 Å². The summed E-state index contributed by atoms with van der Waals surface area (Å²) in [4.78, 5) is 29.4.